The molecule has 4 fully saturated rings. The van der Waals surface area contributed by atoms with E-state index in [2.05, 4.69) is 19.7 Å². The van der Waals surface area contributed by atoms with Gasteiger partial charge in [-0.1, -0.05) is 65.7 Å². The monoisotopic (exact) mass is 902 g/mol. The van der Waals surface area contributed by atoms with Crippen LogP contribution in [0.3, 0.4) is 0 Å². The summed E-state index contributed by atoms with van der Waals surface area (Å²) in [5, 5.41) is 25.1. The summed E-state index contributed by atoms with van der Waals surface area (Å²) >= 11 is 12.7. The molecule has 1 unspecified atom stereocenters. The minimum Gasteiger partial charge on any atom is -0.619 e. The molecule has 4 aromatic rings. The number of esters is 1. The highest BCUT2D eigenvalue weighted by Crippen LogP contribution is 2.45. The van der Waals surface area contributed by atoms with Gasteiger partial charge in [-0.15, -0.1) is 0 Å². The fourth-order valence-corrected chi connectivity index (χ4v) is 10.1. The number of pyridine rings is 1. The zero-order chi connectivity index (χ0) is 43.5. The number of carbonyl (C=O) groups excluding carboxylic acids is 2. The van der Waals surface area contributed by atoms with Crippen LogP contribution in [0.25, 0.3) is 0 Å². The van der Waals surface area contributed by atoms with Crippen LogP contribution in [0.1, 0.15) is 58.8 Å². The Bertz CT molecular complexity index is 2360. The van der Waals surface area contributed by atoms with Crippen molar-refractivity contribution < 1.29 is 55.6 Å². The maximum Gasteiger partial charge on any atom is 0.387 e. The lowest BCUT2D eigenvalue weighted by Gasteiger charge is -2.51. The van der Waals surface area contributed by atoms with E-state index in [0.717, 1.165) is 57.2 Å². The average molecular weight is 904 g/mol. The number of piperidine rings is 3. The number of carbonyl (C=O) groups is 3. The van der Waals surface area contributed by atoms with Gasteiger partial charge >= 0.3 is 18.6 Å². The van der Waals surface area contributed by atoms with Gasteiger partial charge in [0.2, 0.25) is 10.0 Å². The first-order valence-electron chi connectivity index (χ1n) is 19.5. The lowest BCUT2D eigenvalue weighted by Crippen LogP contribution is -2.64. The molecule has 14 nitrogen and oxygen atoms in total. The van der Waals surface area contributed by atoms with Crippen LogP contribution < -0.4 is 24.2 Å². The molecule has 3 aliphatic heterocycles. The third-order valence-corrected chi connectivity index (χ3v) is 13.4. The van der Waals surface area contributed by atoms with Crippen LogP contribution in [-0.2, 0) is 36.3 Å². The van der Waals surface area contributed by atoms with Crippen molar-refractivity contribution in [3.8, 4) is 11.5 Å². The summed E-state index contributed by atoms with van der Waals surface area (Å²) in [6.45, 7) is -1.64. The molecule has 0 spiro atoms. The highest BCUT2D eigenvalue weighted by molar-refractivity contribution is 7.89. The van der Waals surface area contributed by atoms with Gasteiger partial charge in [-0.3, -0.25) is 9.59 Å². The molecule has 19 heteroatoms. The summed E-state index contributed by atoms with van der Waals surface area (Å²) in [4.78, 5) is 42.0. The topological polar surface area (TPSA) is 188 Å². The van der Waals surface area contributed by atoms with Crippen molar-refractivity contribution in [2.24, 2.45) is 17.8 Å². The minimum absolute atomic E-state index is 0.0286. The molecular weight excluding hydrogens is 861 g/mol. The van der Waals surface area contributed by atoms with E-state index in [4.69, 9.17) is 32.7 Å². The average Bonchev–Trinajstić information content (AvgIpc) is 4.08. The van der Waals surface area contributed by atoms with Gasteiger partial charge in [-0.25, -0.2) is 13.2 Å². The number of benzene rings is 3. The molecule has 1 aromatic heterocycles. The Morgan fingerprint density at radius 3 is 2.28 bits per heavy atom. The zero-order valence-electron chi connectivity index (χ0n) is 32.5. The molecule has 1 amide bonds. The van der Waals surface area contributed by atoms with Crippen molar-refractivity contribution in [1.82, 2.24) is 14.9 Å². The van der Waals surface area contributed by atoms with E-state index in [1.165, 1.54) is 36.4 Å². The number of hydrogen-bond donors (Lipinski definition) is 3. The van der Waals surface area contributed by atoms with Crippen LogP contribution >= 0.6 is 23.2 Å². The van der Waals surface area contributed by atoms with E-state index in [1.54, 1.807) is 30.3 Å². The number of nitrogens with zero attached hydrogens (tertiary/aromatic N) is 2. The molecule has 3 aromatic carbocycles. The number of rotatable bonds is 18. The number of carboxylic acids is 1. The smallest absolute Gasteiger partial charge is 0.387 e. The second kappa shape index (κ2) is 18.5. The number of halogens is 4. The van der Waals surface area contributed by atoms with Crippen LogP contribution in [0.2, 0.25) is 10.0 Å². The molecule has 61 heavy (non-hydrogen) atoms. The van der Waals surface area contributed by atoms with Gasteiger partial charge in [0.05, 0.1) is 11.5 Å². The molecule has 1 saturated carbocycles. The highest BCUT2D eigenvalue weighted by Gasteiger charge is 2.55. The number of amides is 1. The summed E-state index contributed by atoms with van der Waals surface area (Å²) in [7, 11) is -4.59. The number of ether oxygens (including phenoxy) is 3. The van der Waals surface area contributed by atoms with E-state index in [1.807, 2.05) is 0 Å². The standard InChI is InChI=1S/C42H42Cl2F2N4O10S/c43-33-22-50(55)23-34(44)31(33)19-36(27-11-12-35(60-41(45)46)37(18-27)58-24-25-9-10-25)59-38(51)20-47-39(52)28-5-4-8-30(17-28)61(56,57)48-42(40(53)54,29-6-2-1-3-7-29)32-21-49-15-13-26(32)14-16-49/h1-8,11-12,17-18,22-23,25-26,32,36,41,48H,9-10,13-16,19-21,24H2,(H,47,52)(H,53,54)/t32-,36-,42?/m0/s1. The van der Waals surface area contributed by atoms with Crippen molar-refractivity contribution >= 4 is 51.1 Å². The number of hydrogen-bond acceptors (Lipinski definition) is 10. The van der Waals surface area contributed by atoms with Gasteiger partial charge in [0.1, 0.15) is 22.7 Å². The summed E-state index contributed by atoms with van der Waals surface area (Å²) in [5.41, 5.74) is -1.41. The largest absolute Gasteiger partial charge is 0.619 e. The first-order valence-corrected chi connectivity index (χ1v) is 21.8. The number of nitrogens with one attached hydrogen (secondary N) is 2. The number of alkyl halides is 2. The number of aromatic nitrogens is 1. The Morgan fingerprint density at radius 1 is 0.951 bits per heavy atom. The first kappa shape index (κ1) is 44.0. The maximum atomic E-state index is 14.2. The summed E-state index contributed by atoms with van der Waals surface area (Å²) in [6.07, 6.45) is 3.98. The van der Waals surface area contributed by atoms with Crippen molar-refractivity contribution in [3.05, 3.63) is 123 Å². The fraction of sp³-hybridized carbons (Fsp3) is 0.381. The molecule has 1 aliphatic carbocycles. The van der Waals surface area contributed by atoms with Crippen molar-refractivity contribution in [3.63, 3.8) is 0 Å². The minimum atomic E-state index is -4.59. The third-order valence-electron chi connectivity index (χ3n) is 11.3. The molecule has 4 heterocycles. The summed E-state index contributed by atoms with van der Waals surface area (Å²) in [5.74, 6) is -3.83. The van der Waals surface area contributed by atoms with E-state index < -0.39 is 58.6 Å². The first-order chi connectivity index (χ1) is 29.1. The number of carboxylic acid groups (broad SMARTS) is 1. The highest BCUT2D eigenvalue weighted by atomic mass is 35.5. The second-order valence-corrected chi connectivity index (χ2v) is 17.9. The van der Waals surface area contributed by atoms with Gasteiger partial charge in [-0.2, -0.15) is 18.2 Å². The number of aliphatic carboxylic acids is 1. The Morgan fingerprint density at radius 2 is 1.66 bits per heavy atom. The predicted molar refractivity (Wildman–Crippen MR) is 217 cm³/mol. The normalized spacial score (nSPS) is 20.0. The van der Waals surface area contributed by atoms with Gasteiger partial charge in [0.15, 0.2) is 29.4 Å². The lowest BCUT2D eigenvalue weighted by molar-refractivity contribution is -0.605. The fourth-order valence-electron chi connectivity index (χ4n) is 8.02. The van der Waals surface area contributed by atoms with Crippen molar-refractivity contribution in [2.75, 3.05) is 32.8 Å². The molecule has 3 saturated heterocycles. The molecule has 4 aliphatic rings. The zero-order valence-corrected chi connectivity index (χ0v) is 34.8. The van der Waals surface area contributed by atoms with Gasteiger partial charge < -0.3 is 34.7 Å². The van der Waals surface area contributed by atoms with Crippen LogP contribution in [0, 0.1) is 23.0 Å². The number of sulfonamides is 1. The molecule has 3 atom stereocenters. The lowest BCUT2D eigenvalue weighted by atomic mass is 9.66. The quantitative estimate of drug-likeness (QED) is 0.0616. The predicted octanol–water partition coefficient (Wildman–Crippen LogP) is 5.87. The Labute approximate surface area is 360 Å². The van der Waals surface area contributed by atoms with Crippen LogP contribution in [0.4, 0.5) is 8.78 Å². The van der Waals surface area contributed by atoms with E-state index in [-0.39, 0.29) is 73.6 Å². The Hall–Kier alpha value is -5.07. The molecule has 324 valence electrons. The summed E-state index contributed by atoms with van der Waals surface area (Å²) < 4.78 is 74.1. The van der Waals surface area contributed by atoms with Gasteiger partial charge in [0, 0.05) is 30.0 Å². The maximum absolute atomic E-state index is 14.2. The van der Waals surface area contributed by atoms with Gasteiger partial charge in [-0.05, 0) is 92.1 Å². The van der Waals surface area contributed by atoms with Crippen molar-refractivity contribution in [1.29, 1.82) is 0 Å². The Kier molecular flexibility index (Phi) is 13.3. The van der Waals surface area contributed by atoms with E-state index in [0.29, 0.717) is 11.3 Å². The van der Waals surface area contributed by atoms with E-state index in [9.17, 15) is 41.9 Å². The third kappa shape index (κ3) is 10.2. The van der Waals surface area contributed by atoms with Crippen LogP contribution in [0.15, 0.2) is 90.1 Å². The van der Waals surface area contributed by atoms with Gasteiger partial charge in [0.25, 0.3) is 5.91 Å². The molecule has 8 rings (SSSR count). The summed E-state index contributed by atoms with van der Waals surface area (Å²) in [6, 6.07) is 17.1. The van der Waals surface area contributed by atoms with E-state index >= 15 is 0 Å². The molecule has 2 bridgehead atoms. The number of fused-ring (bicyclic) bond motifs is 3. The second-order valence-electron chi connectivity index (χ2n) is 15.4. The van der Waals surface area contributed by atoms with Crippen LogP contribution in [0.5, 0.6) is 11.5 Å². The molecule has 0 radical (unpaired) electrons. The van der Waals surface area contributed by atoms with Crippen LogP contribution in [-0.4, -0.2) is 75.7 Å². The molecular formula is C42H42Cl2F2N4O10S. The Balaban J connectivity index is 1.10. The SMILES string of the molecule is O=C(CNC(=O)c1cccc(S(=O)(=O)NC(C(=O)O)(c2ccccc2)[C@H]2CN3CCC2CC3)c1)O[C@@H](Cc1c(Cl)c[n+]([O-])cc1Cl)c1ccc(OC(F)F)c(OCC2CC2)c1. The van der Waals surface area contributed by atoms with Crippen molar-refractivity contribution in [2.45, 2.75) is 55.3 Å². The molecule has 3 N–H and O–H groups in total.